The Morgan fingerprint density at radius 3 is 2.46 bits per heavy atom. The lowest BCUT2D eigenvalue weighted by molar-refractivity contribution is 0.354. The summed E-state index contributed by atoms with van der Waals surface area (Å²) < 4.78 is 23.6. The normalized spacial score (nSPS) is 10.8. The first-order valence-electron chi connectivity index (χ1n) is 7.72. The van der Waals surface area contributed by atoms with Gasteiger partial charge in [-0.05, 0) is 41.8 Å². The van der Waals surface area contributed by atoms with E-state index in [0.717, 1.165) is 17.5 Å². The van der Waals surface area contributed by atoms with Crippen molar-refractivity contribution in [3.63, 3.8) is 0 Å². The van der Waals surface area contributed by atoms with Crippen LogP contribution < -0.4 is 20.5 Å². The van der Waals surface area contributed by atoms with Crippen molar-refractivity contribution in [2.75, 3.05) is 20.8 Å². The van der Waals surface area contributed by atoms with Crippen molar-refractivity contribution in [1.29, 1.82) is 0 Å². The number of nitrogens with zero attached hydrogens (tertiary/aromatic N) is 1. The largest absolute Gasteiger partial charge is 0.493 e. The highest BCUT2D eigenvalue weighted by Crippen LogP contribution is 2.27. The Morgan fingerprint density at radius 1 is 1.12 bits per heavy atom. The van der Waals surface area contributed by atoms with E-state index in [9.17, 15) is 4.39 Å². The van der Waals surface area contributed by atoms with Gasteiger partial charge in [0, 0.05) is 6.54 Å². The van der Waals surface area contributed by atoms with Gasteiger partial charge in [-0.3, -0.25) is 0 Å². The number of guanidine groups is 1. The summed E-state index contributed by atoms with van der Waals surface area (Å²) in [5, 5.41) is 3.12. The molecule has 0 saturated carbocycles. The Hall–Kier alpha value is -1.74. The van der Waals surface area contributed by atoms with Gasteiger partial charge in [-0.2, -0.15) is 0 Å². The molecule has 0 radical (unpaired) electrons. The zero-order valence-electron chi connectivity index (χ0n) is 14.6. The lowest BCUT2D eigenvalue weighted by atomic mass is 10.1. The number of ether oxygens (including phenoxy) is 2. The minimum Gasteiger partial charge on any atom is -0.493 e. The van der Waals surface area contributed by atoms with Crippen LogP contribution in [-0.4, -0.2) is 26.7 Å². The van der Waals surface area contributed by atoms with Crippen LogP contribution in [0.4, 0.5) is 4.39 Å². The molecule has 8 heteroatoms. The molecular formula is C18H22ClFIN3O2. The molecule has 0 aromatic heterocycles. The van der Waals surface area contributed by atoms with E-state index in [-0.39, 0.29) is 29.0 Å². The van der Waals surface area contributed by atoms with Crippen LogP contribution in [0.2, 0.25) is 5.02 Å². The van der Waals surface area contributed by atoms with E-state index in [0.29, 0.717) is 30.5 Å². The van der Waals surface area contributed by atoms with E-state index < -0.39 is 5.82 Å². The van der Waals surface area contributed by atoms with Crippen molar-refractivity contribution in [2.45, 2.75) is 13.0 Å². The number of methoxy groups -OCH3 is 2. The van der Waals surface area contributed by atoms with Crippen molar-refractivity contribution in [3.8, 4) is 11.5 Å². The number of hydrogen-bond acceptors (Lipinski definition) is 3. The van der Waals surface area contributed by atoms with Crippen molar-refractivity contribution < 1.29 is 13.9 Å². The number of nitrogens with one attached hydrogen (secondary N) is 1. The quantitative estimate of drug-likeness (QED) is 0.350. The third-order valence-electron chi connectivity index (χ3n) is 3.58. The number of nitrogens with two attached hydrogens (primary N) is 1. The van der Waals surface area contributed by atoms with E-state index in [1.54, 1.807) is 20.3 Å². The molecule has 0 aliphatic rings. The summed E-state index contributed by atoms with van der Waals surface area (Å²) in [7, 11) is 3.21. The molecule has 26 heavy (non-hydrogen) atoms. The van der Waals surface area contributed by atoms with Gasteiger partial charge in [0.2, 0.25) is 0 Å². The zero-order valence-corrected chi connectivity index (χ0v) is 17.7. The molecule has 0 fully saturated rings. The Bertz CT molecular complexity index is 759. The Morgan fingerprint density at radius 2 is 1.81 bits per heavy atom. The number of aliphatic imine (C=N–C) groups is 1. The molecule has 0 aliphatic heterocycles. The summed E-state index contributed by atoms with van der Waals surface area (Å²) >= 11 is 5.74. The average Bonchev–Trinajstić information content (AvgIpc) is 2.62. The number of rotatable bonds is 7. The van der Waals surface area contributed by atoms with Crippen LogP contribution in [0.25, 0.3) is 0 Å². The summed E-state index contributed by atoms with van der Waals surface area (Å²) in [4.78, 5) is 4.22. The topological polar surface area (TPSA) is 68.9 Å². The highest BCUT2D eigenvalue weighted by molar-refractivity contribution is 14.0. The maximum atomic E-state index is 13.1. The van der Waals surface area contributed by atoms with Crippen LogP contribution in [0.5, 0.6) is 11.5 Å². The van der Waals surface area contributed by atoms with Crippen LogP contribution in [0.1, 0.15) is 11.1 Å². The van der Waals surface area contributed by atoms with Gasteiger partial charge < -0.3 is 20.5 Å². The minimum absolute atomic E-state index is 0. The number of benzene rings is 2. The molecule has 0 saturated heterocycles. The van der Waals surface area contributed by atoms with E-state index >= 15 is 0 Å². The van der Waals surface area contributed by atoms with E-state index in [1.807, 2.05) is 18.2 Å². The average molecular weight is 494 g/mol. The van der Waals surface area contributed by atoms with E-state index in [4.69, 9.17) is 26.8 Å². The number of hydrogen-bond donors (Lipinski definition) is 2. The monoisotopic (exact) mass is 493 g/mol. The van der Waals surface area contributed by atoms with Crippen LogP contribution in [0.15, 0.2) is 41.4 Å². The van der Waals surface area contributed by atoms with Crippen molar-refractivity contribution in [1.82, 2.24) is 5.32 Å². The summed E-state index contributed by atoms with van der Waals surface area (Å²) in [6.07, 6.45) is 0.749. The molecule has 0 spiro atoms. The Labute approximate surface area is 174 Å². The molecule has 2 aromatic carbocycles. The van der Waals surface area contributed by atoms with E-state index in [2.05, 4.69) is 10.3 Å². The summed E-state index contributed by atoms with van der Waals surface area (Å²) in [5.74, 6) is 1.25. The fraction of sp³-hybridized carbons (Fsp3) is 0.278. The Kier molecular flexibility index (Phi) is 9.50. The second-order valence-electron chi connectivity index (χ2n) is 5.32. The lowest BCUT2D eigenvalue weighted by Gasteiger charge is -2.10. The fourth-order valence-electron chi connectivity index (χ4n) is 2.24. The molecular weight excluding hydrogens is 472 g/mol. The van der Waals surface area contributed by atoms with Gasteiger partial charge in [-0.25, -0.2) is 9.38 Å². The van der Waals surface area contributed by atoms with Crippen molar-refractivity contribution >= 4 is 41.5 Å². The van der Waals surface area contributed by atoms with Gasteiger partial charge in [-0.1, -0.05) is 23.7 Å². The molecule has 0 heterocycles. The maximum Gasteiger partial charge on any atom is 0.188 e. The molecule has 142 valence electrons. The van der Waals surface area contributed by atoms with Crippen LogP contribution in [0, 0.1) is 5.82 Å². The molecule has 2 aromatic rings. The third-order valence-corrected chi connectivity index (χ3v) is 3.87. The maximum absolute atomic E-state index is 13.1. The fourth-order valence-corrected chi connectivity index (χ4v) is 2.44. The molecule has 3 N–H and O–H groups in total. The standard InChI is InChI=1S/C18H21ClFN3O2.HI/c1-24-16-6-4-12(10-17(16)25-2)7-8-22-18(21)23-11-13-3-5-15(20)14(19)9-13;/h3-6,9-10H,7-8,11H2,1-2H3,(H3,21,22,23);1H. The van der Waals surface area contributed by atoms with Gasteiger partial charge in [0.15, 0.2) is 17.5 Å². The number of halogens is 3. The van der Waals surface area contributed by atoms with Gasteiger partial charge in [0.1, 0.15) is 5.82 Å². The summed E-state index contributed by atoms with van der Waals surface area (Å²) in [6, 6.07) is 10.2. The minimum atomic E-state index is -0.449. The second-order valence-corrected chi connectivity index (χ2v) is 5.72. The third kappa shape index (κ3) is 6.53. The van der Waals surface area contributed by atoms with Gasteiger partial charge in [0.25, 0.3) is 0 Å². The Balaban J connectivity index is 0.00000338. The van der Waals surface area contributed by atoms with Gasteiger partial charge >= 0.3 is 0 Å². The molecule has 0 bridgehead atoms. The zero-order chi connectivity index (χ0) is 18.2. The summed E-state index contributed by atoms with van der Waals surface area (Å²) in [5.41, 5.74) is 7.72. The molecule has 0 amide bonds. The molecule has 0 unspecified atom stereocenters. The van der Waals surface area contributed by atoms with E-state index in [1.165, 1.54) is 12.1 Å². The van der Waals surface area contributed by atoms with Crippen LogP contribution in [0.3, 0.4) is 0 Å². The smallest absolute Gasteiger partial charge is 0.188 e. The van der Waals surface area contributed by atoms with Crippen LogP contribution in [-0.2, 0) is 13.0 Å². The molecule has 0 aliphatic carbocycles. The lowest BCUT2D eigenvalue weighted by Crippen LogP contribution is -2.33. The molecule has 0 atom stereocenters. The first-order chi connectivity index (χ1) is 12.0. The SMILES string of the molecule is COc1ccc(CCNC(N)=NCc2ccc(F)c(Cl)c2)cc1OC.I. The van der Waals surface area contributed by atoms with Gasteiger partial charge in [-0.15, -0.1) is 24.0 Å². The highest BCUT2D eigenvalue weighted by Gasteiger charge is 2.05. The molecule has 5 nitrogen and oxygen atoms in total. The van der Waals surface area contributed by atoms with Crippen LogP contribution >= 0.6 is 35.6 Å². The predicted octanol–water partition coefficient (Wildman–Crippen LogP) is 3.76. The first kappa shape index (κ1) is 22.3. The first-order valence-corrected chi connectivity index (χ1v) is 8.10. The van der Waals surface area contributed by atoms with Crippen molar-refractivity contribution in [2.24, 2.45) is 10.7 Å². The second kappa shape index (κ2) is 11.1. The highest BCUT2D eigenvalue weighted by atomic mass is 127. The van der Waals surface area contributed by atoms with Gasteiger partial charge in [0.05, 0.1) is 25.8 Å². The molecule has 2 rings (SSSR count). The summed E-state index contributed by atoms with van der Waals surface area (Å²) in [6.45, 7) is 0.949. The predicted molar refractivity (Wildman–Crippen MR) is 113 cm³/mol. The van der Waals surface area contributed by atoms with Crippen molar-refractivity contribution in [3.05, 3.63) is 58.4 Å².